The average Bonchev–Trinajstić information content (AvgIpc) is 2.71. The van der Waals surface area contributed by atoms with Crippen LogP contribution in [0.5, 0.6) is 0 Å². The predicted octanol–water partition coefficient (Wildman–Crippen LogP) is 2.04. The van der Waals surface area contributed by atoms with Crippen molar-refractivity contribution in [3.05, 3.63) is 58.7 Å². The molecule has 0 aromatic heterocycles. The number of ketones is 1. The average molecular weight is 395 g/mol. The molecule has 6 nitrogen and oxygen atoms in total. The molecule has 0 spiro atoms. The number of hydrogen-bond donors (Lipinski definition) is 2. The molecule has 1 aliphatic carbocycles. The third-order valence-electron chi connectivity index (χ3n) is 5.94. The highest BCUT2D eigenvalue weighted by Crippen LogP contribution is 2.42. The van der Waals surface area contributed by atoms with Crippen molar-refractivity contribution in [3.63, 3.8) is 0 Å². The monoisotopic (exact) mass is 394 g/mol. The Morgan fingerprint density at radius 3 is 2.55 bits per heavy atom. The normalized spacial score (nSPS) is 19.3. The quantitative estimate of drug-likeness (QED) is 0.809. The molecule has 1 heterocycles. The Hall–Kier alpha value is -2.41. The molecule has 1 aliphatic heterocycles. The predicted molar refractivity (Wildman–Crippen MR) is 117 cm³/mol. The number of nitrogens with zero attached hydrogens (tertiary/aromatic N) is 3. The number of likely N-dealkylation sites (N-methyl/N-ethyl adjacent to an activating group) is 2. The van der Waals surface area contributed by atoms with E-state index in [-0.39, 0.29) is 5.78 Å². The number of aliphatic hydroxyl groups is 1. The second kappa shape index (κ2) is 8.14. The van der Waals surface area contributed by atoms with Gasteiger partial charge in [0.15, 0.2) is 5.78 Å². The first kappa shape index (κ1) is 19.9. The van der Waals surface area contributed by atoms with Crippen LogP contribution >= 0.6 is 0 Å². The first-order valence-electron chi connectivity index (χ1n) is 10.3. The van der Waals surface area contributed by atoms with Crippen molar-refractivity contribution < 1.29 is 9.90 Å². The summed E-state index contributed by atoms with van der Waals surface area (Å²) in [6, 6.07) is 11.5. The van der Waals surface area contributed by atoms with Gasteiger partial charge in [0.2, 0.25) is 0 Å². The maximum absolute atomic E-state index is 13.5. The Kier molecular flexibility index (Phi) is 5.58. The van der Waals surface area contributed by atoms with Crippen LogP contribution in [-0.4, -0.2) is 81.1 Å². The second-order valence-corrected chi connectivity index (χ2v) is 8.26. The lowest BCUT2D eigenvalue weighted by molar-refractivity contribution is 0.102. The molecular weight excluding hydrogens is 364 g/mol. The molecule has 1 saturated heterocycles. The maximum atomic E-state index is 13.5. The molecule has 0 saturated carbocycles. The van der Waals surface area contributed by atoms with Crippen LogP contribution in [0.3, 0.4) is 0 Å². The van der Waals surface area contributed by atoms with Gasteiger partial charge < -0.3 is 25.1 Å². The van der Waals surface area contributed by atoms with Crippen LogP contribution in [0.25, 0.3) is 0 Å². The van der Waals surface area contributed by atoms with Crippen LogP contribution in [0.15, 0.2) is 36.4 Å². The van der Waals surface area contributed by atoms with Gasteiger partial charge in [-0.2, -0.15) is 0 Å². The molecule has 0 bridgehead atoms. The van der Waals surface area contributed by atoms with E-state index in [1.165, 1.54) is 0 Å². The van der Waals surface area contributed by atoms with Crippen LogP contribution in [-0.2, 0) is 0 Å². The molecule has 4 rings (SSSR count). The van der Waals surface area contributed by atoms with Gasteiger partial charge >= 0.3 is 0 Å². The standard InChI is InChI=1S/C23H30N4O2/c1-25(2)11-10-24-18-8-4-6-16-20(18)22(28)17-7-5-9-19(21(17)23(16)29)27-14-12-26(3)13-15-27/h4-9,23-24,29H,10-15H2,1-3H3. The number of rotatable bonds is 5. The van der Waals surface area contributed by atoms with Crippen LogP contribution in [0, 0.1) is 0 Å². The van der Waals surface area contributed by atoms with E-state index < -0.39 is 6.10 Å². The van der Waals surface area contributed by atoms with Gasteiger partial charge in [-0.05, 0) is 38.8 Å². The number of nitrogens with one attached hydrogen (secondary N) is 1. The van der Waals surface area contributed by atoms with Gasteiger partial charge in [-0.3, -0.25) is 4.79 Å². The molecule has 1 atom stereocenters. The Balaban J connectivity index is 1.71. The number of carbonyl (C=O) groups is 1. The van der Waals surface area contributed by atoms with Gasteiger partial charge in [0.05, 0.1) is 5.56 Å². The van der Waals surface area contributed by atoms with Crippen molar-refractivity contribution in [3.8, 4) is 0 Å². The molecule has 2 aromatic rings. The smallest absolute Gasteiger partial charge is 0.195 e. The van der Waals surface area contributed by atoms with E-state index >= 15 is 0 Å². The summed E-state index contributed by atoms with van der Waals surface area (Å²) in [6.45, 7) is 5.35. The number of fused-ring (bicyclic) bond motifs is 2. The van der Waals surface area contributed by atoms with Crippen molar-refractivity contribution in [1.29, 1.82) is 0 Å². The van der Waals surface area contributed by atoms with Crippen LogP contribution in [0.2, 0.25) is 0 Å². The number of anilines is 2. The van der Waals surface area contributed by atoms with Gasteiger partial charge in [-0.15, -0.1) is 0 Å². The molecule has 29 heavy (non-hydrogen) atoms. The Morgan fingerprint density at radius 1 is 1.10 bits per heavy atom. The third-order valence-corrected chi connectivity index (χ3v) is 5.94. The maximum Gasteiger partial charge on any atom is 0.195 e. The Labute approximate surface area is 172 Å². The minimum atomic E-state index is -0.802. The van der Waals surface area contributed by atoms with Crippen LogP contribution in [0.1, 0.15) is 33.2 Å². The van der Waals surface area contributed by atoms with E-state index in [2.05, 4.69) is 27.1 Å². The zero-order chi connectivity index (χ0) is 20.5. The molecule has 154 valence electrons. The largest absolute Gasteiger partial charge is 0.384 e. The van der Waals surface area contributed by atoms with Crippen LogP contribution < -0.4 is 10.2 Å². The number of piperazine rings is 1. The fourth-order valence-electron chi connectivity index (χ4n) is 4.26. The first-order valence-corrected chi connectivity index (χ1v) is 10.3. The van der Waals surface area contributed by atoms with E-state index in [1.807, 2.05) is 50.5 Å². The summed E-state index contributed by atoms with van der Waals surface area (Å²) in [7, 11) is 6.16. The summed E-state index contributed by atoms with van der Waals surface area (Å²) in [5, 5.41) is 14.7. The third kappa shape index (κ3) is 3.75. The van der Waals surface area contributed by atoms with E-state index in [0.29, 0.717) is 16.7 Å². The molecule has 2 N–H and O–H groups in total. The lowest BCUT2D eigenvalue weighted by Gasteiger charge is -2.37. The summed E-state index contributed by atoms with van der Waals surface area (Å²) in [5.74, 6) is -0.00997. The topological polar surface area (TPSA) is 59.1 Å². The first-order chi connectivity index (χ1) is 14.0. The number of benzene rings is 2. The molecular formula is C23H30N4O2. The summed E-state index contributed by atoms with van der Waals surface area (Å²) < 4.78 is 0. The highest BCUT2D eigenvalue weighted by atomic mass is 16.3. The molecule has 1 fully saturated rings. The number of carbonyl (C=O) groups excluding carboxylic acids is 1. The lowest BCUT2D eigenvalue weighted by atomic mass is 9.81. The zero-order valence-corrected chi connectivity index (χ0v) is 17.5. The van der Waals surface area contributed by atoms with Gasteiger partial charge in [0.1, 0.15) is 6.10 Å². The lowest BCUT2D eigenvalue weighted by Crippen LogP contribution is -2.45. The molecule has 1 unspecified atom stereocenters. The Morgan fingerprint density at radius 2 is 1.83 bits per heavy atom. The van der Waals surface area contributed by atoms with Crippen molar-refractivity contribution in [2.75, 3.05) is 70.6 Å². The van der Waals surface area contributed by atoms with Crippen molar-refractivity contribution in [2.24, 2.45) is 0 Å². The van der Waals surface area contributed by atoms with Crippen LogP contribution in [0.4, 0.5) is 11.4 Å². The van der Waals surface area contributed by atoms with E-state index in [9.17, 15) is 9.90 Å². The summed E-state index contributed by atoms with van der Waals surface area (Å²) in [6.07, 6.45) is -0.802. The van der Waals surface area contributed by atoms with Gasteiger partial charge in [0.25, 0.3) is 0 Å². The Bertz CT molecular complexity index is 904. The van der Waals surface area contributed by atoms with E-state index in [1.54, 1.807) is 0 Å². The van der Waals surface area contributed by atoms with Crippen molar-refractivity contribution >= 4 is 17.2 Å². The van der Waals surface area contributed by atoms with Crippen molar-refractivity contribution in [1.82, 2.24) is 9.80 Å². The highest BCUT2D eigenvalue weighted by Gasteiger charge is 2.35. The number of aliphatic hydroxyl groups excluding tert-OH is 1. The number of hydrogen-bond acceptors (Lipinski definition) is 6. The zero-order valence-electron chi connectivity index (χ0n) is 17.5. The molecule has 0 radical (unpaired) electrons. The summed E-state index contributed by atoms with van der Waals surface area (Å²) >= 11 is 0. The highest BCUT2D eigenvalue weighted by molar-refractivity contribution is 6.16. The summed E-state index contributed by atoms with van der Waals surface area (Å²) in [4.78, 5) is 20.2. The minimum absolute atomic E-state index is 0.00997. The SMILES string of the molecule is CN(C)CCNc1cccc2c1C(=O)c1cccc(N3CCN(C)CC3)c1C2O. The molecule has 2 aliphatic rings. The van der Waals surface area contributed by atoms with Crippen molar-refractivity contribution in [2.45, 2.75) is 6.10 Å². The van der Waals surface area contributed by atoms with E-state index in [0.717, 1.165) is 56.2 Å². The van der Waals surface area contributed by atoms with Gasteiger partial charge in [-0.25, -0.2) is 0 Å². The molecule has 0 amide bonds. The van der Waals surface area contributed by atoms with Gasteiger partial charge in [-0.1, -0.05) is 24.3 Å². The molecule has 2 aromatic carbocycles. The minimum Gasteiger partial charge on any atom is -0.384 e. The fraction of sp³-hybridized carbons (Fsp3) is 0.435. The molecule has 6 heteroatoms. The summed E-state index contributed by atoms with van der Waals surface area (Å²) in [5.41, 5.74) is 4.43. The van der Waals surface area contributed by atoms with Gasteiger partial charge in [0, 0.05) is 61.8 Å². The second-order valence-electron chi connectivity index (χ2n) is 8.26. The van der Waals surface area contributed by atoms with E-state index in [4.69, 9.17) is 0 Å². The fourth-order valence-corrected chi connectivity index (χ4v) is 4.26.